The van der Waals surface area contributed by atoms with Crippen molar-refractivity contribution in [3.8, 4) is 5.06 Å². The highest BCUT2D eigenvalue weighted by molar-refractivity contribution is 7.99. The van der Waals surface area contributed by atoms with E-state index in [0.717, 1.165) is 20.7 Å². The van der Waals surface area contributed by atoms with Gasteiger partial charge >= 0.3 is 0 Å². The molecule has 1 aromatic carbocycles. The molecule has 0 aliphatic carbocycles. The van der Waals surface area contributed by atoms with Gasteiger partial charge in [-0.25, -0.2) is 0 Å². The van der Waals surface area contributed by atoms with Gasteiger partial charge in [0.15, 0.2) is 5.06 Å². The van der Waals surface area contributed by atoms with Gasteiger partial charge in [-0.1, -0.05) is 11.3 Å². The van der Waals surface area contributed by atoms with E-state index in [0.29, 0.717) is 5.06 Å². The lowest BCUT2D eigenvalue weighted by Crippen LogP contribution is -1.84. The summed E-state index contributed by atoms with van der Waals surface area (Å²) in [5, 5.41) is 10.6. The summed E-state index contributed by atoms with van der Waals surface area (Å²) < 4.78 is 1.07. The van der Waals surface area contributed by atoms with Crippen molar-refractivity contribution in [1.82, 2.24) is 0 Å². The number of fused-ring (bicyclic) bond motifs is 1. The van der Waals surface area contributed by atoms with Gasteiger partial charge in [0.2, 0.25) is 0 Å². The number of rotatable bonds is 1. The summed E-state index contributed by atoms with van der Waals surface area (Å²) in [6.45, 7) is 0. The summed E-state index contributed by atoms with van der Waals surface area (Å²) in [6, 6.07) is 5.58. The molecule has 2 aromatic rings. The number of thiophene rings is 1. The topological polar surface area (TPSA) is 46.2 Å². The Bertz CT molecular complexity index is 450. The molecule has 0 amide bonds. The zero-order chi connectivity index (χ0) is 9.42. The fourth-order valence-electron chi connectivity index (χ4n) is 1.27. The van der Waals surface area contributed by atoms with Crippen molar-refractivity contribution in [2.45, 2.75) is 4.90 Å². The van der Waals surface area contributed by atoms with Crippen LogP contribution in [0.15, 0.2) is 23.1 Å². The third-order valence-corrected chi connectivity index (χ3v) is 3.77. The van der Waals surface area contributed by atoms with Gasteiger partial charge in [0.25, 0.3) is 0 Å². The van der Waals surface area contributed by atoms with Crippen LogP contribution in [0.3, 0.4) is 0 Å². The predicted octanol–water partition coefficient (Wildman–Crippen LogP) is 2.91. The van der Waals surface area contributed by atoms with Crippen molar-refractivity contribution < 1.29 is 5.11 Å². The molecule has 0 aliphatic heterocycles. The monoisotopic (exact) mass is 211 g/mol. The Balaban J connectivity index is 2.83. The van der Waals surface area contributed by atoms with Gasteiger partial charge in [-0.05, 0) is 18.4 Å². The molecule has 0 spiro atoms. The summed E-state index contributed by atoms with van der Waals surface area (Å²) >= 11 is 3.04. The molecule has 0 radical (unpaired) electrons. The molecular weight excluding hydrogens is 202 g/mol. The van der Waals surface area contributed by atoms with Gasteiger partial charge in [0.1, 0.15) is 0 Å². The number of nitrogens with two attached hydrogens (primary N) is 1. The number of hydrogen-bond acceptors (Lipinski definition) is 4. The lowest BCUT2D eigenvalue weighted by Gasteiger charge is -2.00. The molecule has 0 aliphatic rings. The van der Waals surface area contributed by atoms with Crippen LogP contribution in [0.2, 0.25) is 0 Å². The van der Waals surface area contributed by atoms with E-state index in [1.807, 2.05) is 18.4 Å². The molecule has 2 rings (SSSR count). The minimum atomic E-state index is 0.322. The quantitative estimate of drug-likeness (QED) is 0.563. The van der Waals surface area contributed by atoms with Crippen molar-refractivity contribution in [2.24, 2.45) is 0 Å². The smallest absolute Gasteiger partial charge is 0.172 e. The summed E-state index contributed by atoms with van der Waals surface area (Å²) in [6.07, 6.45) is 2.02. The minimum absolute atomic E-state index is 0.322. The molecule has 0 bridgehead atoms. The van der Waals surface area contributed by atoms with Crippen LogP contribution < -0.4 is 5.73 Å². The Morgan fingerprint density at radius 1 is 1.46 bits per heavy atom. The van der Waals surface area contributed by atoms with Gasteiger partial charge in [-0.15, -0.1) is 11.8 Å². The zero-order valence-electron chi connectivity index (χ0n) is 7.07. The van der Waals surface area contributed by atoms with Crippen molar-refractivity contribution in [3.05, 3.63) is 18.2 Å². The van der Waals surface area contributed by atoms with Crippen LogP contribution in [-0.4, -0.2) is 11.4 Å². The van der Waals surface area contributed by atoms with E-state index in [9.17, 15) is 5.11 Å². The summed E-state index contributed by atoms with van der Waals surface area (Å²) in [4.78, 5) is 1.16. The molecule has 1 heterocycles. The molecule has 13 heavy (non-hydrogen) atoms. The van der Waals surface area contributed by atoms with Crippen LogP contribution in [0, 0.1) is 0 Å². The van der Waals surface area contributed by atoms with Crippen LogP contribution >= 0.6 is 23.1 Å². The third-order valence-electron chi connectivity index (χ3n) is 1.89. The first-order chi connectivity index (χ1) is 6.22. The van der Waals surface area contributed by atoms with Gasteiger partial charge in [0.05, 0.1) is 4.70 Å². The van der Waals surface area contributed by atoms with Gasteiger partial charge in [0, 0.05) is 22.0 Å². The summed E-state index contributed by atoms with van der Waals surface area (Å²) in [5.41, 5.74) is 6.51. The first kappa shape index (κ1) is 8.72. The Morgan fingerprint density at radius 2 is 2.23 bits per heavy atom. The van der Waals surface area contributed by atoms with Gasteiger partial charge in [-0.2, -0.15) is 0 Å². The number of benzene rings is 1. The van der Waals surface area contributed by atoms with E-state index < -0.39 is 0 Å². The molecular formula is C9H9NOS2. The normalized spacial score (nSPS) is 10.8. The van der Waals surface area contributed by atoms with Crippen molar-refractivity contribution in [3.63, 3.8) is 0 Å². The SMILES string of the molecule is CSc1ccc(N)c2cc(O)sc12. The maximum absolute atomic E-state index is 9.35. The van der Waals surface area contributed by atoms with Crippen LogP contribution in [0.1, 0.15) is 0 Å². The highest BCUT2D eigenvalue weighted by atomic mass is 32.2. The van der Waals surface area contributed by atoms with E-state index in [4.69, 9.17) is 5.73 Å². The number of aromatic hydroxyl groups is 1. The fourth-order valence-corrected chi connectivity index (χ4v) is 2.98. The first-order valence-corrected chi connectivity index (χ1v) is 5.81. The Hall–Kier alpha value is -0.870. The van der Waals surface area contributed by atoms with Crippen molar-refractivity contribution in [1.29, 1.82) is 0 Å². The van der Waals surface area contributed by atoms with E-state index in [1.165, 1.54) is 11.3 Å². The number of nitrogen functional groups attached to an aromatic ring is 1. The molecule has 0 atom stereocenters. The van der Waals surface area contributed by atoms with Crippen LogP contribution in [-0.2, 0) is 0 Å². The van der Waals surface area contributed by atoms with Crippen LogP contribution in [0.5, 0.6) is 5.06 Å². The number of thioether (sulfide) groups is 1. The lowest BCUT2D eigenvalue weighted by atomic mass is 10.2. The predicted molar refractivity (Wildman–Crippen MR) is 59.7 cm³/mol. The van der Waals surface area contributed by atoms with Crippen molar-refractivity contribution >= 4 is 38.9 Å². The lowest BCUT2D eigenvalue weighted by molar-refractivity contribution is 0.491. The van der Waals surface area contributed by atoms with Crippen molar-refractivity contribution in [2.75, 3.05) is 12.0 Å². The second-order valence-electron chi connectivity index (χ2n) is 2.68. The second-order valence-corrected chi connectivity index (χ2v) is 4.56. The van der Waals surface area contributed by atoms with Crippen LogP contribution in [0.4, 0.5) is 5.69 Å². The maximum atomic E-state index is 9.35. The molecule has 4 heteroatoms. The zero-order valence-corrected chi connectivity index (χ0v) is 8.71. The Kier molecular flexibility index (Phi) is 2.09. The van der Waals surface area contributed by atoms with E-state index in [2.05, 4.69) is 0 Å². The molecule has 0 saturated heterocycles. The molecule has 0 saturated carbocycles. The number of anilines is 1. The van der Waals surface area contributed by atoms with E-state index in [-0.39, 0.29) is 0 Å². The van der Waals surface area contributed by atoms with Gasteiger partial charge < -0.3 is 10.8 Å². The highest BCUT2D eigenvalue weighted by Gasteiger charge is 2.07. The van der Waals surface area contributed by atoms with Crippen LogP contribution in [0.25, 0.3) is 10.1 Å². The highest BCUT2D eigenvalue weighted by Crippen LogP contribution is 2.39. The largest absolute Gasteiger partial charge is 0.499 e. The Labute approximate surface area is 84.4 Å². The minimum Gasteiger partial charge on any atom is -0.499 e. The van der Waals surface area contributed by atoms with E-state index in [1.54, 1.807) is 17.8 Å². The second kappa shape index (κ2) is 3.12. The van der Waals surface area contributed by atoms with E-state index >= 15 is 0 Å². The maximum Gasteiger partial charge on any atom is 0.172 e. The summed E-state index contributed by atoms with van der Waals surface area (Å²) in [7, 11) is 0. The Morgan fingerprint density at radius 3 is 2.92 bits per heavy atom. The molecule has 3 N–H and O–H groups in total. The average molecular weight is 211 g/mol. The summed E-state index contributed by atoms with van der Waals surface area (Å²) in [5.74, 6) is 0. The third kappa shape index (κ3) is 1.36. The molecule has 0 unspecified atom stereocenters. The average Bonchev–Trinajstić information content (AvgIpc) is 2.48. The standard InChI is InChI=1S/C9H9NOS2/c1-12-7-3-2-6(10)5-4-8(11)13-9(5)7/h2-4,11H,10H2,1H3. The molecule has 2 nitrogen and oxygen atoms in total. The number of hydrogen-bond donors (Lipinski definition) is 2. The molecule has 0 fully saturated rings. The fraction of sp³-hybridized carbons (Fsp3) is 0.111. The molecule has 1 aromatic heterocycles. The molecule has 68 valence electrons. The first-order valence-electron chi connectivity index (χ1n) is 3.77. The van der Waals surface area contributed by atoms with Gasteiger partial charge in [-0.3, -0.25) is 0 Å².